The minimum atomic E-state index is 0.651. The maximum atomic E-state index is 6.06. The first-order valence-electron chi connectivity index (χ1n) is 4.79. The van der Waals surface area contributed by atoms with E-state index >= 15 is 0 Å². The van der Waals surface area contributed by atoms with Crippen LogP contribution in [-0.2, 0) is 7.05 Å². The molecule has 1 aromatic heterocycles. The summed E-state index contributed by atoms with van der Waals surface area (Å²) in [5.41, 5.74) is 1.61. The van der Waals surface area contributed by atoms with Crippen molar-refractivity contribution in [2.24, 2.45) is 12.0 Å². The fraction of sp³-hybridized carbons (Fsp3) is 0.0833. The molecule has 0 aliphatic heterocycles. The third-order valence-corrected chi connectivity index (χ3v) is 3.12. The average molecular weight is 298 g/mol. The number of aryl methyl sites for hydroxylation is 1. The van der Waals surface area contributed by atoms with Crippen LogP contribution in [0.4, 0.5) is 5.69 Å². The van der Waals surface area contributed by atoms with Gasteiger partial charge in [-0.15, -0.1) is 0 Å². The molecular weight excluding hydrogens is 288 g/mol. The molecule has 1 aromatic carbocycles. The van der Waals surface area contributed by atoms with E-state index in [-0.39, 0.29) is 0 Å². The average Bonchev–Trinajstić information content (AvgIpc) is 2.26. The van der Waals surface area contributed by atoms with Crippen molar-refractivity contribution in [3.63, 3.8) is 0 Å². The Morgan fingerprint density at radius 1 is 1.19 bits per heavy atom. The number of benzene rings is 1. The lowest BCUT2D eigenvalue weighted by molar-refractivity contribution is 0.828. The summed E-state index contributed by atoms with van der Waals surface area (Å²) >= 11 is 9.53. The summed E-state index contributed by atoms with van der Waals surface area (Å²) in [5, 5.41) is 0.651. The van der Waals surface area contributed by atoms with Crippen molar-refractivity contribution >= 4 is 33.2 Å². The van der Waals surface area contributed by atoms with Crippen molar-refractivity contribution in [1.82, 2.24) is 4.57 Å². The van der Waals surface area contributed by atoms with Gasteiger partial charge in [-0.25, -0.2) is 4.99 Å². The van der Waals surface area contributed by atoms with Gasteiger partial charge in [0.25, 0.3) is 0 Å². The summed E-state index contributed by atoms with van der Waals surface area (Å²) in [5.74, 6) is 0. The van der Waals surface area contributed by atoms with Gasteiger partial charge in [0.15, 0.2) is 0 Å². The van der Waals surface area contributed by atoms with Crippen molar-refractivity contribution in [1.29, 1.82) is 0 Å². The lowest BCUT2D eigenvalue weighted by atomic mass is 10.3. The van der Waals surface area contributed by atoms with Gasteiger partial charge >= 0.3 is 0 Å². The number of hydrogen-bond acceptors (Lipinski definition) is 1. The zero-order valence-corrected chi connectivity index (χ0v) is 11.0. The van der Waals surface area contributed by atoms with Crippen LogP contribution < -0.4 is 5.49 Å². The molecule has 0 aliphatic carbocycles. The number of hydrogen-bond donors (Lipinski definition) is 0. The molecule has 2 aromatic rings. The van der Waals surface area contributed by atoms with Crippen LogP contribution in [0.5, 0.6) is 0 Å². The van der Waals surface area contributed by atoms with E-state index in [1.807, 2.05) is 54.2 Å². The van der Waals surface area contributed by atoms with Crippen molar-refractivity contribution in [2.45, 2.75) is 0 Å². The Labute approximate surface area is 107 Å². The van der Waals surface area contributed by atoms with Gasteiger partial charge in [-0.3, -0.25) is 0 Å². The van der Waals surface area contributed by atoms with E-state index < -0.39 is 0 Å². The van der Waals surface area contributed by atoms with Gasteiger partial charge in [0, 0.05) is 13.2 Å². The first-order valence-corrected chi connectivity index (χ1v) is 5.96. The molecule has 1 heterocycles. The predicted octanol–water partition coefficient (Wildman–Crippen LogP) is 3.67. The normalized spacial score (nSPS) is 11.8. The molecule has 0 spiro atoms. The van der Waals surface area contributed by atoms with Crippen molar-refractivity contribution in [2.75, 3.05) is 0 Å². The third kappa shape index (κ3) is 2.36. The maximum absolute atomic E-state index is 6.06. The summed E-state index contributed by atoms with van der Waals surface area (Å²) in [6.07, 6.45) is 1.94. The molecule has 0 atom stereocenters. The lowest BCUT2D eigenvalue weighted by Gasteiger charge is -2.02. The first kappa shape index (κ1) is 11.4. The molecule has 0 bridgehead atoms. The van der Waals surface area contributed by atoms with Gasteiger partial charge < -0.3 is 4.57 Å². The minimum Gasteiger partial charge on any atom is -0.335 e. The van der Waals surface area contributed by atoms with E-state index in [0.717, 1.165) is 15.6 Å². The highest BCUT2D eigenvalue weighted by Crippen LogP contribution is 2.23. The van der Waals surface area contributed by atoms with E-state index in [2.05, 4.69) is 20.9 Å². The quantitative estimate of drug-likeness (QED) is 0.764. The number of pyridine rings is 1. The van der Waals surface area contributed by atoms with E-state index in [1.54, 1.807) is 0 Å². The Kier molecular flexibility index (Phi) is 3.46. The molecule has 0 saturated carbocycles. The standard InChI is InChI=1S/C12H10BrClN2/c1-16-8-4-5-9(13)12(16)15-11-7-3-2-6-10(11)14/h2-8H,1H3. The van der Waals surface area contributed by atoms with Crippen LogP contribution >= 0.6 is 27.5 Å². The van der Waals surface area contributed by atoms with Crippen LogP contribution in [0.1, 0.15) is 0 Å². The van der Waals surface area contributed by atoms with E-state index in [9.17, 15) is 0 Å². The fourth-order valence-electron chi connectivity index (χ4n) is 1.36. The molecular formula is C12H10BrClN2. The zero-order valence-electron chi connectivity index (χ0n) is 8.69. The smallest absolute Gasteiger partial charge is 0.147 e. The topological polar surface area (TPSA) is 17.3 Å². The van der Waals surface area contributed by atoms with E-state index in [4.69, 9.17) is 11.6 Å². The van der Waals surface area contributed by atoms with Crippen molar-refractivity contribution in [3.05, 3.63) is 57.6 Å². The molecule has 2 nitrogen and oxygen atoms in total. The molecule has 0 aliphatic rings. The fourth-order valence-corrected chi connectivity index (χ4v) is 2.06. The van der Waals surface area contributed by atoms with Gasteiger partial charge in [-0.1, -0.05) is 23.7 Å². The molecule has 82 valence electrons. The van der Waals surface area contributed by atoms with Crippen molar-refractivity contribution in [3.8, 4) is 0 Å². The highest BCUT2D eigenvalue weighted by molar-refractivity contribution is 9.10. The summed E-state index contributed by atoms with van der Waals surface area (Å²) in [6, 6.07) is 11.4. The van der Waals surface area contributed by atoms with Crippen LogP contribution in [0.2, 0.25) is 5.02 Å². The minimum absolute atomic E-state index is 0.651. The number of halogens is 2. The van der Waals surface area contributed by atoms with Gasteiger partial charge in [0.2, 0.25) is 0 Å². The molecule has 0 N–H and O–H groups in total. The molecule has 0 unspecified atom stereocenters. The van der Waals surface area contributed by atoms with Crippen LogP contribution in [0, 0.1) is 0 Å². The molecule has 2 rings (SSSR count). The van der Waals surface area contributed by atoms with Gasteiger partial charge in [-0.2, -0.15) is 0 Å². The van der Waals surface area contributed by atoms with Gasteiger partial charge in [-0.05, 0) is 40.2 Å². The second kappa shape index (κ2) is 4.85. The third-order valence-electron chi connectivity index (χ3n) is 2.18. The Hall–Kier alpha value is -1.06. The van der Waals surface area contributed by atoms with Crippen molar-refractivity contribution < 1.29 is 0 Å². The number of para-hydroxylation sites is 1. The molecule has 4 heteroatoms. The maximum Gasteiger partial charge on any atom is 0.147 e. The number of nitrogens with zero attached hydrogens (tertiary/aromatic N) is 2. The Morgan fingerprint density at radius 2 is 1.94 bits per heavy atom. The van der Waals surface area contributed by atoms with E-state index in [1.165, 1.54) is 0 Å². The molecule has 0 fully saturated rings. The Morgan fingerprint density at radius 3 is 2.62 bits per heavy atom. The number of aromatic nitrogens is 1. The zero-order chi connectivity index (χ0) is 11.5. The monoisotopic (exact) mass is 296 g/mol. The highest BCUT2D eigenvalue weighted by atomic mass is 79.9. The second-order valence-electron chi connectivity index (χ2n) is 3.35. The summed E-state index contributed by atoms with van der Waals surface area (Å²) in [4.78, 5) is 4.52. The van der Waals surface area contributed by atoms with E-state index in [0.29, 0.717) is 5.02 Å². The number of rotatable bonds is 1. The van der Waals surface area contributed by atoms with Crippen LogP contribution in [0.25, 0.3) is 0 Å². The van der Waals surface area contributed by atoms with Crippen LogP contribution in [0.15, 0.2) is 52.1 Å². The Balaban J connectivity index is 2.65. The summed E-state index contributed by atoms with van der Waals surface area (Å²) in [7, 11) is 1.94. The Bertz CT molecular complexity index is 552. The largest absolute Gasteiger partial charge is 0.335 e. The van der Waals surface area contributed by atoms with Gasteiger partial charge in [0.05, 0.1) is 15.2 Å². The molecule has 0 saturated heterocycles. The van der Waals surface area contributed by atoms with Crippen LogP contribution in [-0.4, -0.2) is 4.57 Å². The molecule has 16 heavy (non-hydrogen) atoms. The second-order valence-corrected chi connectivity index (χ2v) is 4.62. The summed E-state index contributed by atoms with van der Waals surface area (Å²) in [6.45, 7) is 0. The lowest BCUT2D eigenvalue weighted by Crippen LogP contribution is -2.17. The highest BCUT2D eigenvalue weighted by Gasteiger charge is 1.98. The SMILES string of the molecule is Cn1cccc(Br)c1=Nc1ccccc1Cl. The van der Waals surface area contributed by atoms with Gasteiger partial charge in [0.1, 0.15) is 5.49 Å². The predicted molar refractivity (Wildman–Crippen MR) is 69.8 cm³/mol. The van der Waals surface area contributed by atoms with Crippen LogP contribution in [0.3, 0.4) is 0 Å². The molecule has 0 radical (unpaired) electrons. The molecule has 0 amide bonds. The summed E-state index contributed by atoms with van der Waals surface area (Å²) < 4.78 is 2.88. The first-order chi connectivity index (χ1) is 7.68.